The van der Waals surface area contributed by atoms with Crippen molar-refractivity contribution in [1.82, 2.24) is 5.32 Å². The van der Waals surface area contributed by atoms with Crippen LogP contribution in [0.5, 0.6) is 5.75 Å². The normalized spacial score (nSPS) is 11.8. The predicted molar refractivity (Wildman–Crippen MR) is 225 cm³/mol. The molecule has 4 N–H and O–H groups in total. The van der Waals surface area contributed by atoms with E-state index in [0.717, 1.165) is 5.69 Å². The first kappa shape index (κ1) is 38.7. The number of phenols is 1. The molecule has 294 valence electrons. The number of phenolic OH excluding ortho intramolecular Hbond substituents is 1. The molecule has 0 saturated carbocycles. The van der Waals surface area contributed by atoms with Gasteiger partial charge in [-0.15, -0.1) is 0 Å². The van der Waals surface area contributed by atoms with E-state index in [1.807, 2.05) is 31.1 Å². The number of fused-ring (bicyclic) bond motifs is 4. The van der Waals surface area contributed by atoms with Crippen LogP contribution in [0.4, 0.5) is 5.69 Å². The van der Waals surface area contributed by atoms with Gasteiger partial charge in [-0.1, -0.05) is 29.3 Å². The standard InChI is InChI=1S/C45H31Cl2N3O9/c1-48-22-5-10-29-34(15-22)58-35-16-23(50(2)3)6-11-30(35)39(29)41-40(45(56)57)33(46)19-32(42(41)47)43(53)49-20-21-4-9-26(44(54)55)31(14-21)38-27-12-7-24(51)17-36(27)59-37-18-25(52)8-13-28(37)38/h4-19,51H,20H2,1-3H3,(H,49,53)(H,54,55)(H,56,57)/b48-22-. The number of hydrogen-bond acceptors (Lipinski definition) is 9. The number of anilines is 1. The molecule has 0 radical (unpaired) electrons. The second kappa shape index (κ2) is 15.0. The van der Waals surface area contributed by atoms with E-state index in [2.05, 4.69) is 10.3 Å². The maximum Gasteiger partial charge on any atom is 0.337 e. The van der Waals surface area contributed by atoms with Gasteiger partial charge in [0.25, 0.3) is 5.91 Å². The lowest BCUT2D eigenvalue weighted by molar-refractivity contribution is 0.0687. The Hall–Kier alpha value is -7.15. The number of nitrogens with one attached hydrogen (secondary N) is 1. The topological polar surface area (TPSA) is 183 Å². The van der Waals surface area contributed by atoms with Crippen LogP contribution < -0.4 is 21.0 Å². The van der Waals surface area contributed by atoms with Crippen molar-refractivity contribution in [3.05, 3.63) is 145 Å². The minimum atomic E-state index is -1.37. The first-order valence-corrected chi connectivity index (χ1v) is 18.7. The molecule has 2 heterocycles. The number of carbonyl (C=O) groups is 3. The average molecular weight is 829 g/mol. The van der Waals surface area contributed by atoms with Crippen molar-refractivity contribution < 1.29 is 38.5 Å². The van der Waals surface area contributed by atoms with Crippen molar-refractivity contribution >= 4 is 68.7 Å². The van der Waals surface area contributed by atoms with Crippen molar-refractivity contribution in [2.75, 3.05) is 26.0 Å². The van der Waals surface area contributed by atoms with Crippen LogP contribution in [0.25, 0.3) is 66.8 Å². The molecule has 0 atom stereocenters. The Morgan fingerprint density at radius 1 is 0.712 bits per heavy atom. The number of hydrogen-bond donors (Lipinski definition) is 4. The Morgan fingerprint density at radius 3 is 2.10 bits per heavy atom. The van der Waals surface area contributed by atoms with Crippen LogP contribution >= 0.6 is 23.2 Å². The lowest BCUT2D eigenvalue weighted by atomic mass is 9.89. The summed E-state index contributed by atoms with van der Waals surface area (Å²) in [4.78, 5) is 58.1. The van der Waals surface area contributed by atoms with Crippen LogP contribution in [-0.2, 0) is 6.54 Å². The van der Waals surface area contributed by atoms with E-state index in [0.29, 0.717) is 55.3 Å². The van der Waals surface area contributed by atoms with Gasteiger partial charge in [0.15, 0.2) is 5.43 Å². The third kappa shape index (κ3) is 6.88. The number of amides is 1. The average Bonchev–Trinajstić information content (AvgIpc) is 3.20. The monoisotopic (exact) mass is 827 g/mol. The summed E-state index contributed by atoms with van der Waals surface area (Å²) >= 11 is 13.8. The van der Waals surface area contributed by atoms with Gasteiger partial charge in [0, 0.05) is 96.2 Å². The lowest BCUT2D eigenvalue weighted by Gasteiger charge is -2.21. The van der Waals surface area contributed by atoms with E-state index < -0.39 is 17.8 Å². The van der Waals surface area contributed by atoms with Gasteiger partial charge in [0.2, 0.25) is 0 Å². The van der Waals surface area contributed by atoms with E-state index in [1.54, 1.807) is 55.6 Å². The first-order valence-electron chi connectivity index (χ1n) is 17.9. The van der Waals surface area contributed by atoms with Gasteiger partial charge in [0.05, 0.1) is 32.1 Å². The molecule has 14 heteroatoms. The molecule has 4 aliphatic rings. The molecule has 4 aromatic carbocycles. The summed E-state index contributed by atoms with van der Waals surface area (Å²) in [7, 11) is 5.38. The zero-order chi connectivity index (χ0) is 41.9. The summed E-state index contributed by atoms with van der Waals surface area (Å²) in [5, 5.41) is 35.1. The molecule has 59 heavy (non-hydrogen) atoms. The fourth-order valence-electron chi connectivity index (χ4n) is 7.31. The van der Waals surface area contributed by atoms with Gasteiger partial charge in [-0.2, -0.15) is 0 Å². The quantitative estimate of drug-likeness (QED) is 0.108. The van der Waals surface area contributed by atoms with Crippen LogP contribution in [0.2, 0.25) is 10.0 Å². The number of benzene rings is 6. The summed E-state index contributed by atoms with van der Waals surface area (Å²) in [6.07, 6.45) is 0. The number of carbonyl (C=O) groups excluding carboxylic acids is 1. The van der Waals surface area contributed by atoms with Gasteiger partial charge in [0.1, 0.15) is 28.4 Å². The molecule has 0 bridgehead atoms. The van der Waals surface area contributed by atoms with Crippen LogP contribution in [0.1, 0.15) is 36.6 Å². The highest BCUT2D eigenvalue weighted by atomic mass is 35.5. The van der Waals surface area contributed by atoms with Crippen molar-refractivity contribution in [1.29, 1.82) is 0 Å². The van der Waals surface area contributed by atoms with E-state index in [-0.39, 0.29) is 66.9 Å². The molecule has 4 aromatic rings. The number of aromatic hydroxyl groups is 1. The number of nitrogens with zero attached hydrogens (tertiary/aromatic N) is 2. The van der Waals surface area contributed by atoms with Crippen molar-refractivity contribution in [3.63, 3.8) is 0 Å². The van der Waals surface area contributed by atoms with Crippen LogP contribution in [0.15, 0.2) is 116 Å². The predicted octanol–water partition coefficient (Wildman–Crippen LogP) is 9.02. The van der Waals surface area contributed by atoms with Crippen molar-refractivity contribution in [2.45, 2.75) is 6.54 Å². The van der Waals surface area contributed by atoms with Gasteiger partial charge in [-0.05, 0) is 77.9 Å². The maximum atomic E-state index is 14.1. The molecule has 0 spiro atoms. The van der Waals surface area contributed by atoms with E-state index in [9.17, 15) is 34.5 Å². The number of rotatable bonds is 8. The SMILES string of the molecule is C/N=c1/ccc2c(-c3c(Cl)c(C(=O)NCc4ccc(C(=O)O)c(-c5c6ccc(=O)cc-6oc6cc(O)ccc56)c4)cc(Cl)c3C(=O)O)c3ccc(N(C)C)cc3oc-2c1. The maximum absolute atomic E-state index is 14.1. The Labute approximate surface area is 344 Å². The van der Waals surface area contributed by atoms with Crippen molar-refractivity contribution in [2.24, 2.45) is 4.99 Å². The molecule has 8 rings (SSSR count). The molecular weight excluding hydrogens is 797 g/mol. The summed E-state index contributed by atoms with van der Waals surface area (Å²) in [6.45, 7) is -0.124. The Morgan fingerprint density at radius 2 is 1.39 bits per heavy atom. The smallest absolute Gasteiger partial charge is 0.337 e. The van der Waals surface area contributed by atoms with Crippen LogP contribution in [0, 0.1) is 0 Å². The number of halogens is 2. The molecule has 12 nitrogen and oxygen atoms in total. The minimum Gasteiger partial charge on any atom is -0.508 e. The zero-order valence-corrected chi connectivity index (χ0v) is 32.9. The van der Waals surface area contributed by atoms with Gasteiger partial charge < -0.3 is 34.4 Å². The van der Waals surface area contributed by atoms with E-state index in [4.69, 9.17) is 32.0 Å². The summed E-state index contributed by atoms with van der Waals surface area (Å²) < 4.78 is 12.3. The van der Waals surface area contributed by atoms with Gasteiger partial charge >= 0.3 is 11.9 Å². The molecular formula is C45H31Cl2N3O9. The molecule has 2 aliphatic carbocycles. The second-order valence-corrected chi connectivity index (χ2v) is 14.7. The number of carboxylic acid groups (broad SMARTS) is 2. The molecule has 0 unspecified atom stereocenters. The highest BCUT2D eigenvalue weighted by Crippen LogP contribution is 2.47. The van der Waals surface area contributed by atoms with Crippen LogP contribution in [0.3, 0.4) is 0 Å². The van der Waals surface area contributed by atoms with Gasteiger partial charge in [-0.25, -0.2) is 9.59 Å². The highest BCUT2D eigenvalue weighted by Gasteiger charge is 2.30. The first-order chi connectivity index (χ1) is 28.2. The summed E-state index contributed by atoms with van der Waals surface area (Å²) in [5.41, 5.74) is 3.15. The van der Waals surface area contributed by atoms with Gasteiger partial charge in [-0.3, -0.25) is 14.6 Å². The zero-order valence-electron chi connectivity index (χ0n) is 31.4. The minimum absolute atomic E-state index is 0.00928. The Kier molecular flexibility index (Phi) is 9.83. The van der Waals surface area contributed by atoms with E-state index >= 15 is 0 Å². The molecule has 0 fully saturated rings. The second-order valence-electron chi connectivity index (χ2n) is 13.9. The highest BCUT2D eigenvalue weighted by molar-refractivity contribution is 6.41. The van der Waals surface area contributed by atoms with E-state index in [1.165, 1.54) is 36.4 Å². The fourth-order valence-corrected chi connectivity index (χ4v) is 7.92. The number of aromatic carboxylic acids is 2. The third-order valence-electron chi connectivity index (χ3n) is 10.1. The van der Waals surface area contributed by atoms with Crippen LogP contribution in [-0.4, -0.2) is 54.3 Å². The number of carboxylic acids is 2. The fraction of sp³-hybridized carbons (Fsp3) is 0.0889. The summed E-state index contributed by atoms with van der Waals surface area (Å²) in [6, 6.07) is 25.0. The lowest BCUT2D eigenvalue weighted by Crippen LogP contribution is -2.24. The largest absolute Gasteiger partial charge is 0.508 e. The Balaban J connectivity index is 1.25. The van der Waals surface area contributed by atoms with Crippen molar-refractivity contribution in [3.8, 4) is 50.7 Å². The summed E-state index contributed by atoms with van der Waals surface area (Å²) in [5.74, 6) is -2.81. The molecule has 0 saturated heterocycles. The Bertz CT molecular complexity index is 3150. The molecule has 1 amide bonds. The molecule has 0 aromatic heterocycles. The third-order valence-corrected chi connectivity index (χ3v) is 10.8. The molecule has 2 aliphatic heterocycles.